The second-order valence-electron chi connectivity index (χ2n) is 7.88. The Hall–Kier alpha value is -2.67. The molecule has 3 rings (SSSR count). The van der Waals surface area contributed by atoms with Gasteiger partial charge in [-0.3, -0.25) is 19.3 Å². The van der Waals surface area contributed by atoms with Crippen LogP contribution in [0.1, 0.15) is 67.8 Å². The summed E-state index contributed by atoms with van der Waals surface area (Å²) in [7, 11) is 0. The Labute approximate surface area is 171 Å². The van der Waals surface area contributed by atoms with Crippen molar-refractivity contribution >= 4 is 17.5 Å². The molecule has 0 saturated carbocycles. The molecule has 0 bridgehead atoms. The Morgan fingerprint density at radius 3 is 2.17 bits per heavy atom. The highest BCUT2D eigenvalue weighted by Gasteiger charge is 2.31. The van der Waals surface area contributed by atoms with E-state index in [1.807, 2.05) is 32.6 Å². The van der Waals surface area contributed by atoms with E-state index in [2.05, 4.69) is 9.88 Å². The first-order chi connectivity index (χ1) is 13.6. The van der Waals surface area contributed by atoms with E-state index < -0.39 is 0 Å². The van der Waals surface area contributed by atoms with E-state index >= 15 is 0 Å². The van der Waals surface area contributed by atoms with E-state index in [4.69, 9.17) is 4.42 Å². The van der Waals surface area contributed by atoms with Gasteiger partial charge in [-0.05, 0) is 53.2 Å². The number of hydrogen-bond acceptors (Lipinski definition) is 5. The van der Waals surface area contributed by atoms with Crippen molar-refractivity contribution in [2.45, 2.75) is 47.6 Å². The van der Waals surface area contributed by atoms with E-state index in [9.17, 15) is 14.4 Å². The number of hydrogen-bond donors (Lipinski definition) is 1. The van der Waals surface area contributed by atoms with Gasteiger partial charge in [-0.25, -0.2) is 0 Å². The highest BCUT2D eigenvalue weighted by molar-refractivity contribution is 6.05. The SMILES string of the molecule is CC(=O)c1c(C)[nH]c(C(=O)C(C)N2CCN(C(=O)c3cc(C)oc3C)CC2)c1C. The Bertz CT molecular complexity index is 961. The molecule has 0 spiro atoms. The average molecular weight is 399 g/mol. The molecule has 0 aromatic carbocycles. The number of aromatic nitrogens is 1. The van der Waals surface area contributed by atoms with Crippen LogP contribution in [0.3, 0.4) is 0 Å². The summed E-state index contributed by atoms with van der Waals surface area (Å²) in [6.45, 7) is 13.0. The third-order valence-corrected chi connectivity index (χ3v) is 5.84. The number of Topliss-reactive ketones (excluding diaryl/α,β-unsaturated/α-hetero) is 2. The molecule has 1 aliphatic heterocycles. The molecule has 7 heteroatoms. The number of ketones is 2. The van der Waals surface area contributed by atoms with Crippen molar-refractivity contribution in [2.24, 2.45) is 0 Å². The molecule has 1 saturated heterocycles. The van der Waals surface area contributed by atoms with Crippen molar-refractivity contribution in [1.29, 1.82) is 0 Å². The highest BCUT2D eigenvalue weighted by atomic mass is 16.3. The predicted octanol–water partition coefficient (Wildman–Crippen LogP) is 3.07. The molecule has 2 aromatic rings. The van der Waals surface area contributed by atoms with Crippen LogP contribution in [-0.2, 0) is 0 Å². The molecule has 3 heterocycles. The van der Waals surface area contributed by atoms with Crippen LogP contribution in [0, 0.1) is 27.7 Å². The van der Waals surface area contributed by atoms with Gasteiger partial charge in [0.25, 0.3) is 5.91 Å². The molecule has 156 valence electrons. The number of furan rings is 1. The standard InChI is InChI=1S/C22H29N3O4/c1-12-11-18(17(6)29-12)22(28)25-9-7-24(8-10-25)15(4)21(27)20-13(2)19(16(5)26)14(3)23-20/h11,15,23H,7-10H2,1-6H3. The van der Waals surface area contributed by atoms with Gasteiger partial charge in [0, 0.05) is 37.4 Å². The predicted molar refractivity (Wildman–Crippen MR) is 110 cm³/mol. The summed E-state index contributed by atoms with van der Waals surface area (Å²) in [6.07, 6.45) is 0. The molecule has 1 N–H and O–H groups in total. The summed E-state index contributed by atoms with van der Waals surface area (Å²) in [5.41, 5.74) is 3.15. The van der Waals surface area contributed by atoms with Crippen LogP contribution in [0.5, 0.6) is 0 Å². The number of H-pyrrole nitrogens is 1. The number of nitrogens with one attached hydrogen (secondary N) is 1. The minimum atomic E-state index is -0.332. The zero-order valence-electron chi connectivity index (χ0n) is 18.0. The lowest BCUT2D eigenvalue weighted by Gasteiger charge is -2.37. The molecule has 1 atom stereocenters. The Balaban J connectivity index is 1.67. The molecule has 2 aromatic heterocycles. The molecule has 7 nitrogen and oxygen atoms in total. The number of nitrogens with zero attached hydrogens (tertiary/aromatic N) is 2. The Kier molecular flexibility index (Phi) is 5.80. The fourth-order valence-corrected chi connectivity index (χ4v) is 4.22. The monoisotopic (exact) mass is 399 g/mol. The van der Waals surface area contributed by atoms with E-state index in [0.29, 0.717) is 54.3 Å². The zero-order chi connectivity index (χ0) is 21.5. The summed E-state index contributed by atoms with van der Waals surface area (Å²) in [5, 5.41) is 0. The second-order valence-corrected chi connectivity index (χ2v) is 7.88. The lowest BCUT2D eigenvalue weighted by molar-refractivity contribution is 0.0549. The van der Waals surface area contributed by atoms with Gasteiger partial charge >= 0.3 is 0 Å². The molecule has 1 fully saturated rings. The molecular formula is C22H29N3O4. The van der Waals surface area contributed by atoms with Crippen molar-refractivity contribution in [3.8, 4) is 0 Å². The number of carbonyl (C=O) groups is 3. The number of amides is 1. The van der Waals surface area contributed by atoms with Crippen molar-refractivity contribution in [3.63, 3.8) is 0 Å². The van der Waals surface area contributed by atoms with Gasteiger partial charge in [0.15, 0.2) is 11.6 Å². The summed E-state index contributed by atoms with van der Waals surface area (Å²) < 4.78 is 5.48. The Morgan fingerprint density at radius 2 is 1.69 bits per heavy atom. The van der Waals surface area contributed by atoms with E-state index in [-0.39, 0.29) is 23.5 Å². The highest BCUT2D eigenvalue weighted by Crippen LogP contribution is 2.22. The largest absolute Gasteiger partial charge is 0.466 e. The van der Waals surface area contributed by atoms with Crippen LogP contribution < -0.4 is 0 Å². The minimum Gasteiger partial charge on any atom is -0.466 e. The molecule has 1 amide bonds. The summed E-state index contributed by atoms with van der Waals surface area (Å²) in [5.74, 6) is 1.27. The maximum atomic E-state index is 13.1. The molecule has 1 unspecified atom stereocenters. The molecule has 1 aliphatic rings. The molecule has 0 radical (unpaired) electrons. The maximum Gasteiger partial charge on any atom is 0.257 e. The smallest absolute Gasteiger partial charge is 0.257 e. The summed E-state index contributed by atoms with van der Waals surface area (Å²) in [4.78, 5) is 44.7. The number of rotatable bonds is 5. The first kappa shape index (κ1) is 21.0. The van der Waals surface area contributed by atoms with Crippen LogP contribution in [0.4, 0.5) is 0 Å². The van der Waals surface area contributed by atoms with Crippen molar-refractivity contribution in [2.75, 3.05) is 26.2 Å². The van der Waals surface area contributed by atoms with Crippen LogP contribution in [0.25, 0.3) is 0 Å². The fraction of sp³-hybridized carbons (Fsp3) is 0.500. The number of carbonyl (C=O) groups excluding carboxylic acids is 3. The minimum absolute atomic E-state index is 0.0279. The van der Waals surface area contributed by atoms with Crippen molar-refractivity contribution in [1.82, 2.24) is 14.8 Å². The van der Waals surface area contributed by atoms with Gasteiger partial charge in [-0.2, -0.15) is 0 Å². The van der Waals surface area contributed by atoms with Gasteiger partial charge in [0.2, 0.25) is 0 Å². The third-order valence-electron chi connectivity index (χ3n) is 5.84. The number of aryl methyl sites for hydroxylation is 3. The molecule has 29 heavy (non-hydrogen) atoms. The van der Waals surface area contributed by atoms with Crippen LogP contribution in [0.2, 0.25) is 0 Å². The van der Waals surface area contributed by atoms with Gasteiger partial charge in [0.05, 0.1) is 17.3 Å². The van der Waals surface area contributed by atoms with Crippen molar-refractivity contribution in [3.05, 3.63) is 45.7 Å². The van der Waals surface area contributed by atoms with Crippen LogP contribution >= 0.6 is 0 Å². The normalized spacial score (nSPS) is 16.1. The summed E-state index contributed by atoms with van der Waals surface area (Å²) in [6, 6.07) is 1.45. The van der Waals surface area contributed by atoms with E-state index in [1.165, 1.54) is 6.92 Å². The summed E-state index contributed by atoms with van der Waals surface area (Å²) >= 11 is 0. The quantitative estimate of drug-likeness (QED) is 0.781. The van der Waals surface area contributed by atoms with Crippen LogP contribution in [0.15, 0.2) is 10.5 Å². The lowest BCUT2D eigenvalue weighted by atomic mass is 10.0. The second kappa shape index (κ2) is 7.99. The van der Waals surface area contributed by atoms with Gasteiger partial charge < -0.3 is 14.3 Å². The third kappa shape index (κ3) is 3.92. The van der Waals surface area contributed by atoms with E-state index in [1.54, 1.807) is 13.0 Å². The zero-order valence-corrected chi connectivity index (χ0v) is 18.0. The molecule has 0 aliphatic carbocycles. The van der Waals surface area contributed by atoms with E-state index in [0.717, 1.165) is 11.5 Å². The first-order valence-corrected chi connectivity index (χ1v) is 9.96. The van der Waals surface area contributed by atoms with Crippen LogP contribution in [-0.4, -0.2) is 64.5 Å². The fourth-order valence-electron chi connectivity index (χ4n) is 4.22. The van der Waals surface area contributed by atoms with Crippen molar-refractivity contribution < 1.29 is 18.8 Å². The maximum absolute atomic E-state index is 13.1. The topological polar surface area (TPSA) is 86.6 Å². The molecular weight excluding hydrogens is 370 g/mol. The van der Waals surface area contributed by atoms with Gasteiger partial charge in [-0.1, -0.05) is 0 Å². The van der Waals surface area contributed by atoms with Gasteiger partial charge in [-0.15, -0.1) is 0 Å². The average Bonchev–Trinajstić information content (AvgIpc) is 3.17. The number of aromatic amines is 1. The Morgan fingerprint density at radius 1 is 1.07 bits per heavy atom. The lowest BCUT2D eigenvalue weighted by Crippen LogP contribution is -2.53. The number of piperazine rings is 1. The van der Waals surface area contributed by atoms with Gasteiger partial charge in [0.1, 0.15) is 11.5 Å². The first-order valence-electron chi connectivity index (χ1n) is 9.96.